The molecule has 1 rings (SSSR count). The minimum atomic E-state index is -0.881. The van der Waals surface area contributed by atoms with Gasteiger partial charge in [0.05, 0.1) is 5.60 Å². The van der Waals surface area contributed by atoms with Crippen LogP contribution >= 0.6 is 0 Å². The minimum Gasteiger partial charge on any atom is -0.389 e. The number of rotatable bonds is 7. The zero-order chi connectivity index (χ0) is 15.2. The van der Waals surface area contributed by atoms with Crippen molar-refractivity contribution < 1.29 is 9.90 Å². The molecule has 0 atom stereocenters. The van der Waals surface area contributed by atoms with Crippen molar-refractivity contribution >= 4 is 11.6 Å². The predicted octanol–water partition coefficient (Wildman–Crippen LogP) is 2.74. The summed E-state index contributed by atoms with van der Waals surface area (Å²) in [5.74, 6) is -0.0448. The van der Waals surface area contributed by atoms with E-state index in [1.807, 2.05) is 31.2 Å². The summed E-state index contributed by atoms with van der Waals surface area (Å²) in [7, 11) is 0. The molecule has 20 heavy (non-hydrogen) atoms. The number of carbonyl (C=O) groups is 1. The van der Waals surface area contributed by atoms with Crippen LogP contribution in [0.15, 0.2) is 24.3 Å². The number of carbonyl (C=O) groups excluding carboxylic acids is 1. The number of benzene rings is 1. The Labute approximate surface area is 121 Å². The maximum Gasteiger partial charge on any atom is 0.253 e. The van der Waals surface area contributed by atoms with Gasteiger partial charge < -0.3 is 15.3 Å². The van der Waals surface area contributed by atoms with Crippen LogP contribution in [0.5, 0.6) is 0 Å². The van der Waals surface area contributed by atoms with E-state index in [1.54, 1.807) is 18.7 Å². The van der Waals surface area contributed by atoms with E-state index in [1.165, 1.54) is 0 Å². The third-order valence-electron chi connectivity index (χ3n) is 2.96. The van der Waals surface area contributed by atoms with Crippen LogP contribution < -0.4 is 5.32 Å². The molecule has 0 aliphatic rings. The van der Waals surface area contributed by atoms with Gasteiger partial charge in [-0.25, -0.2) is 0 Å². The Bertz CT molecular complexity index is 421. The molecule has 1 aromatic rings. The van der Waals surface area contributed by atoms with Crippen molar-refractivity contribution in [2.45, 2.75) is 39.7 Å². The highest BCUT2D eigenvalue weighted by molar-refractivity contribution is 5.94. The Morgan fingerprint density at radius 1 is 1.25 bits per heavy atom. The van der Waals surface area contributed by atoms with Gasteiger partial charge in [-0.15, -0.1) is 0 Å². The molecule has 0 bridgehead atoms. The van der Waals surface area contributed by atoms with E-state index < -0.39 is 5.60 Å². The lowest BCUT2D eigenvalue weighted by atomic mass is 10.1. The molecule has 0 unspecified atom stereocenters. The maximum absolute atomic E-state index is 12.4. The molecule has 0 saturated heterocycles. The Balaban J connectivity index is 2.75. The molecule has 4 nitrogen and oxygen atoms in total. The molecule has 0 aromatic heterocycles. The highest BCUT2D eigenvalue weighted by atomic mass is 16.3. The molecule has 0 heterocycles. The van der Waals surface area contributed by atoms with Gasteiger partial charge in [-0.2, -0.15) is 0 Å². The lowest BCUT2D eigenvalue weighted by Crippen LogP contribution is -2.42. The van der Waals surface area contributed by atoms with Crippen molar-refractivity contribution in [2.24, 2.45) is 0 Å². The van der Waals surface area contributed by atoms with Crippen molar-refractivity contribution in [2.75, 3.05) is 25.0 Å². The number of likely N-dealkylation sites (N-methyl/N-ethyl adjacent to an activating group) is 1. The summed E-state index contributed by atoms with van der Waals surface area (Å²) in [5.41, 5.74) is 0.793. The molecule has 0 aliphatic heterocycles. The summed E-state index contributed by atoms with van der Waals surface area (Å²) in [6.07, 6.45) is 1.07. The van der Waals surface area contributed by atoms with Crippen LogP contribution in [0.2, 0.25) is 0 Å². The molecular formula is C16H26N2O2. The van der Waals surface area contributed by atoms with Gasteiger partial charge in [0.25, 0.3) is 5.91 Å². The van der Waals surface area contributed by atoms with Gasteiger partial charge in [-0.1, -0.05) is 6.92 Å². The average Bonchev–Trinajstić information content (AvgIpc) is 2.41. The summed E-state index contributed by atoms with van der Waals surface area (Å²) >= 11 is 0. The summed E-state index contributed by atoms with van der Waals surface area (Å²) in [5, 5.41) is 13.1. The number of hydrogen-bond donors (Lipinski definition) is 2. The number of anilines is 1. The van der Waals surface area contributed by atoms with Gasteiger partial charge in [0, 0.05) is 30.9 Å². The van der Waals surface area contributed by atoms with Crippen LogP contribution in [0.3, 0.4) is 0 Å². The van der Waals surface area contributed by atoms with E-state index >= 15 is 0 Å². The monoisotopic (exact) mass is 278 g/mol. The smallest absolute Gasteiger partial charge is 0.253 e. The van der Waals surface area contributed by atoms with E-state index in [4.69, 9.17) is 0 Å². The molecule has 4 heteroatoms. The maximum atomic E-state index is 12.4. The van der Waals surface area contributed by atoms with Crippen LogP contribution in [-0.2, 0) is 0 Å². The van der Waals surface area contributed by atoms with Crippen molar-refractivity contribution in [3.63, 3.8) is 0 Å². The molecule has 1 amide bonds. The standard InChI is InChI=1S/C16H26N2O2/c1-5-11-17-14-9-7-13(8-10-14)15(19)18(6-2)12-16(3,4)20/h7-10,17,20H,5-6,11-12H2,1-4H3. The summed E-state index contributed by atoms with van der Waals surface area (Å²) < 4.78 is 0. The molecule has 112 valence electrons. The molecule has 0 aliphatic carbocycles. The molecule has 0 saturated carbocycles. The predicted molar refractivity (Wildman–Crippen MR) is 83.1 cm³/mol. The van der Waals surface area contributed by atoms with Crippen LogP contribution in [0.25, 0.3) is 0 Å². The van der Waals surface area contributed by atoms with E-state index in [0.717, 1.165) is 18.7 Å². The fraction of sp³-hybridized carbons (Fsp3) is 0.562. The second-order valence-corrected chi connectivity index (χ2v) is 5.64. The molecular weight excluding hydrogens is 252 g/mol. The molecule has 0 radical (unpaired) electrons. The van der Waals surface area contributed by atoms with E-state index in [2.05, 4.69) is 12.2 Å². The third-order valence-corrected chi connectivity index (χ3v) is 2.96. The number of nitrogens with zero attached hydrogens (tertiary/aromatic N) is 1. The summed E-state index contributed by atoms with van der Waals surface area (Å²) in [6.45, 7) is 9.28. The second-order valence-electron chi connectivity index (χ2n) is 5.64. The fourth-order valence-corrected chi connectivity index (χ4v) is 1.98. The van der Waals surface area contributed by atoms with E-state index in [9.17, 15) is 9.90 Å². The quantitative estimate of drug-likeness (QED) is 0.806. The largest absolute Gasteiger partial charge is 0.389 e. The first kappa shape index (κ1) is 16.5. The normalized spacial score (nSPS) is 11.2. The van der Waals surface area contributed by atoms with Gasteiger partial charge in [0.1, 0.15) is 0 Å². The SMILES string of the molecule is CCCNc1ccc(C(=O)N(CC)CC(C)(C)O)cc1. The average molecular weight is 278 g/mol. The first-order chi connectivity index (χ1) is 9.37. The van der Waals surface area contributed by atoms with Crippen LogP contribution in [0.4, 0.5) is 5.69 Å². The Hall–Kier alpha value is -1.55. The van der Waals surface area contributed by atoms with Crippen molar-refractivity contribution in [1.29, 1.82) is 0 Å². The lowest BCUT2D eigenvalue weighted by Gasteiger charge is -2.28. The van der Waals surface area contributed by atoms with Gasteiger partial charge in [-0.3, -0.25) is 4.79 Å². The number of aliphatic hydroxyl groups is 1. The molecule has 0 spiro atoms. The van der Waals surface area contributed by atoms with Gasteiger partial charge in [0.2, 0.25) is 0 Å². The first-order valence-electron chi connectivity index (χ1n) is 7.23. The fourth-order valence-electron chi connectivity index (χ4n) is 1.98. The van der Waals surface area contributed by atoms with Gasteiger partial charge in [-0.05, 0) is 51.5 Å². The Morgan fingerprint density at radius 2 is 1.85 bits per heavy atom. The molecule has 2 N–H and O–H groups in total. The highest BCUT2D eigenvalue weighted by Gasteiger charge is 2.22. The van der Waals surface area contributed by atoms with Gasteiger partial charge >= 0.3 is 0 Å². The molecule has 1 aromatic carbocycles. The van der Waals surface area contributed by atoms with Crippen molar-refractivity contribution in [3.05, 3.63) is 29.8 Å². The minimum absolute atomic E-state index is 0.0448. The lowest BCUT2D eigenvalue weighted by molar-refractivity contribution is 0.0314. The second kappa shape index (κ2) is 7.29. The summed E-state index contributed by atoms with van der Waals surface area (Å²) in [6, 6.07) is 7.49. The number of amides is 1. The number of hydrogen-bond acceptors (Lipinski definition) is 3. The Kier molecular flexibility index (Phi) is 6.02. The molecule has 0 fully saturated rings. The third kappa shape index (κ3) is 5.21. The Morgan fingerprint density at radius 3 is 2.30 bits per heavy atom. The van der Waals surface area contributed by atoms with Crippen molar-refractivity contribution in [3.8, 4) is 0 Å². The summed E-state index contributed by atoms with van der Waals surface area (Å²) in [4.78, 5) is 14.0. The van der Waals surface area contributed by atoms with Gasteiger partial charge in [0.15, 0.2) is 0 Å². The van der Waals surface area contributed by atoms with Crippen LogP contribution in [0, 0.1) is 0 Å². The first-order valence-corrected chi connectivity index (χ1v) is 7.23. The zero-order valence-corrected chi connectivity index (χ0v) is 12.9. The number of nitrogens with one attached hydrogen (secondary N) is 1. The van der Waals surface area contributed by atoms with Crippen LogP contribution in [0.1, 0.15) is 44.5 Å². The van der Waals surface area contributed by atoms with Crippen molar-refractivity contribution in [1.82, 2.24) is 4.90 Å². The zero-order valence-electron chi connectivity index (χ0n) is 12.9. The van der Waals surface area contributed by atoms with Crippen LogP contribution in [-0.4, -0.2) is 41.1 Å². The van der Waals surface area contributed by atoms with E-state index in [0.29, 0.717) is 18.7 Å². The van der Waals surface area contributed by atoms with E-state index in [-0.39, 0.29) is 5.91 Å². The topological polar surface area (TPSA) is 52.6 Å². The highest BCUT2D eigenvalue weighted by Crippen LogP contribution is 2.13.